The van der Waals surface area contributed by atoms with Gasteiger partial charge in [-0.25, -0.2) is 4.39 Å². The van der Waals surface area contributed by atoms with Crippen molar-refractivity contribution in [2.75, 3.05) is 38.2 Å². The number of piperidine rings is 1. The number of nitrogens with zero attached hydrogens (tertiary/aromatic N) is 5. The molecule has 39 heavy (non-hydrogen) atoms. The fourth-order valence-corrected chi connectivity index (χ4v) is 6.92. The van der Waals surface area contributed by atoms with Gasteiger partial charge in [0.15, 0.2) is 5.82 Å². The summed E-state index contributed by atoms with van der Waals surface area (Å²) in [5.74, 6) is 4.31. The van der Waals surface area contributed by atoms with E-state index < -0.39 is 5.82 Å². The Morgan fingerprint density at radius 2 is 1.87 bits per heavy atom. The first kappa shape index (κ1) is 24.3. The van der Waals surface area contributed by atoms with Gasteiger partial charge in [-0.1, -0.05) is 36.3 Å². The Labute approximate surface area is 228 Å². The molecule has 2 saturated heterocycles. The van der Waals surface area contributed by atoms with Gasteiger partial charge in [-0.3, -0.25) is 4.98 Å². The first-order valence-electron chi connectivity index (χ1n) is 14.0. The molecule has 2 bridgehead atoms. The smallest absolute Gasteiger partial charge is 0.319 e. The van der Waals surface area contributed by atoms with Crippen molar-refractivity contribution < 1.29 is 9.13 Å². The lowest BCUT2D eigenvalue weighted by atomic mass is 9.96. The van der Waals surface area contributed by atoms with E-state index in [1.807, 2.05) is 36.4 Å². The van der Waals surface area contributed by atoms with Gasteiger partial charge < -0.3 is 14.5 Å². The summed E-state index contributed by atoms with van der Waals surface area (Å²) in [6.07, 6.45) is 13.5. The predicted molar refractivity (Wildman–Crippen MR) is 152 cm³/mol. The maximum Gasteiger partial charge on any atom is 0.319 e. The van der Waals surface area contributed by atoms with Gasteiger partial charge in [-0.15, -0.1) is 6.42 Å². The fourth-order valence-electron chi connectivity index (χ4n) is 6.92. The highest BCUT2D eigenvalue weighted by atomic mass is 19.1. The Balaban J connectivity index is 1.37. The molecule has 1 aliphatic carbocycles. The molecule has 0 spiro atoms. The molecule has 2 unspecified atom stereocenters. The molecule has 7 heteroatoms. The summed E-state index contributed by atoms with van der Waals surface area (Å²) >= 11 is 0. The Kier molecular flexibility index (Phi) is 6.08. The summed E-state index contributed by atoms with van der Waals surface area (Å²) in [7, 11) is 2.11. The molecule has 0 amide bonds. The molecule has 4 aromatic rings. The molecule has 2 aromatic heterocycles. The number of rotatable bonds is 5. The van der Waals surface area contributed by atoms with Crippen LogP contribution in [0.15, 0.2) is 42.6 Å². The summed E-state index contributed by atoms with van der Waals surface area (Å²) in [6, 6.07) is 12.1. The molecule has 7 rings (SSSR count). The minimum Gasteiger partial charge on any atom is -0.462 e. The average Bonchev–Trinajstić information content (AvgIpc) is 3.54. The third-order valence-electron chi connectivity index (χ3n) is 8.94. The van der Waals surface area contributed by atoms with Crippen molar-refractivity contribution in [1.82, 2.24) is 19.9 Å². The topological polar surface area (TPSA) is 54.4 Å². The lowest BCUT2D eigenvalue weighted by molar-refractivity contribution is 0.188. The molecule has 2 aliphatic heterocycles. The van der Waals surface area contributed by atoms with Crippen LogP contribution in [0, 0.1) is 30.0 Å². The van der Waals surface area contributed by atoms with Crippen molar-refractivity contribution in [2.24, 2.45) is 11.8 Å². The monoisotopic (exact) mass is 521 g/mol. The third-order valence-corrected chi connectivity index (χ3v) is 8.94. The highest BCUT2D eigenvalue weighted by Crippen LogP contribution is 2.41. The summed E-state index contributed by atoms with van der Waals surface area (Å²) in [5, 5.41) is 2.39. The maximum atomic E-state index is 16.5. The normalized spacial score (nSPS) is 23.0. The van der Waals surface area contributed by atoms with Crippen molar-refractivity contribution in [3.05, 3.63) is 54.0 Å². The number of likely N-dealkylation sites (N-methyl/N-ethyl adjacent to an activating group) is 1. The highest BCUT2D eigenvalue weighted by Gasteiger charge is 2.35. The SMILES string of the molecule is C#Cc1cccc2cccc(-c3ncc4c(N5CC6CCC(C6)C5)nc(OC[C@@H]5CCCN5C)nc4c3F)c12. The fraction of sp³-hybridized carbons (Fsp3) is 0.406. The maximum absolute atomic E-state index is 16.5. The molecule has 0 N–H and O–H groups in total. The molecule has 198 valence electrons. The standard InChI is InChI=1S/C32H32FN5O/c1-3-22-7-4-8-23-9-5-11-25(27(22)23)29-28(33)30-26(16-34-29)31(38-17-20-12-13-21(15-20)18-38)36-32(35-30)39-19-24-10-6-14-37(24)2/h1,4-5,7-9,11,16,20-21,24H,6,10,12-15,17-19H2,2H3/t20?,21?,24-/m0/s1. The van der Waals surface area contributed by atoms with Crippen LogP contribution in [0.5, 0.6) is 6.01 Å². The van der Waals surface area contributed by atoms with Crippen LogP contribution < -0.4 is 9.64 Å². The molecule has 3 atom stereocenters. The van der Waals surface area contributed by atoms with Crippen molar-refractivity contribution in [2.45, 2.75) is 38.1 Å². The van der Waals surface area contributed by atoms with Gasteiger partial charge in [0.25, 0.3) is 0 Å². The van der Waals surface area contributed by atoms with Crippen LogP contribution in [0.3, 0.4) is 0 Å². The zero-order valence-corrected chi connectivity index (χ0v) is 22.2. The van der Waals surface area contributed by atoms with Crippen LogP contribution >= 0.6 is 0 Å². The number of halogens is 1. The van der Waals surface area contributed by atoms with Gasteiger partial charge in [0.05, 0.1) is 5.39 Å². The Morgan fingerprint density at radius 3 is 2.62 bits per heavy atom. The largest absolute Gasteiger partial charge is 0.462 e. The van der Waals surface area contributed by atoms with Gasteiger partial charge in [0, 0.05) is 41.8 Å². The number of likely N-dealkylation sites (tertiary alicyclic amines) is 1. The first-order chi connectivity index (χ1) is 19.1. The summed E-state index contributed by atoms with van der Waals surface area (Å²) < 4.78 is 22.7. The molecule has 3 fully saturated rings. The number of fused-ring (bicyclic) bond motifs is 4. The van der Waals surface area contributed by atoms with Gasteiger partial charge in [-0.2, -0.15) is 9.97 Å². The number of benzene rings is 2. The summed E-state index contributed by atoms with van der Waals surface area (Å²) in [4.78, 5) is 18.8. The van der Waals surface area contributed by atoms with Crippen LogP contribution in [-0.2, 0) is 0 Å². The number of pyridine rings is 1. The molecule has 2 aromatic carbocycles. The minimum atomic E-state index is -0.474. The van der Waals surface area contributed by atoms with Crippen molar-refractivity contribution in [3.63, 3.8) is 0 Å². The quantitative estimate of drug-likeness (QED) is 0.315. The van der Waals surface area contributed by atoms with Gasteiger partial charge in [-0.05, 0) is 69.0 Å². The van der Waals surface area contributed by atoms with E-state index in [1.165, 1.54) is 19.3 Å². The first-order valence-corrected chi connectivity index (χ1v) is 14.0. The molecule has 3 aliphatic rings. The lowest BCUT2D eigenvalue weighted by Crippen LogP contribution is -2.37. The van der Waals surface area contributed by atoms with Crippen LogP contribution in [0.25, 0.3) is 32.9 Å². The van der Waals surface area contributed by atoms with Crippen LogP contribution in [0.4, 0.5) is 10.2 Å². The number of anilines is 1. The van der Waals surface area contributed by atoms with E-state index in [4.69, 9.17) is 16.1 Å². The Hall–Kier alpha value is -3.76. The van der Waals surface area contributed by atoms with Crippen molar-refractivity contribution >= 4 is 27.5 Å². The summed E-state index contributed by atoms with van der Waals surface area (Å²) in [5.41, 5.74) is 1.85. The number of hydrogen-bond acceptors (Lipinski definition) is 6. The second-order valence-electron chi connectivity index (χ2n) is 11.4. The summed E-state index contributed by atoms with van der Waals surface area (Å²) in [6.45, 7) is 3.39. The second kappa shape index (κ2) is 9.77. The van der Waals surface area contributed by atoms with E-state index >= 15 is 4.39 Å². The zero-order chi connectivity index (χ0) is 26.5. The second-order valence-corrected chi connectivity index (χ2v) is 11.4. The number of aromatic nitrogens is 3. The molecule has 4 heterocycles. The van der Waals surface area contributed by atoms with E-state index in [-0.39, 0.29) is 17.2 Å². The molecule has 0 radical (unpaired) electrons. The number of terminal acetylenes is 1. The van der Waals surface area contributed by atoms with E-state index in [2.05, 4.69) is 32.7 Å². The Morgan fingerprint density at radius 1 is 1.08 bits per heavy atom. The van der Waals surface area contributed by atoms with Gasteiger partial charge in [0.2, 0.25) is 0 Å². The van der Waals surface area contributed by atoms with E-state index in [9.17, 15) is 0 Å². The highest BCUT2D eigenvalue weighted by molar-refractivity contribution is 6.02. The van der Waals surface area contributed by atoms with Gasteiger partial charge >= 0.3 is 6.01 Å². The predicted octanol–water partition coefficient (Wildman–Crippen LogP) is 5.67. The minimum absolute atomic E-state index is 0.231. The van der Waals surface area contributed by atoms with Crippen molar-refractivity contribution in [1.29, 1.82) is 0 Å². The van der Waals surface area contributed by atoms with Crippen LogP contribution in [0.2, 0.25) is 0 Å². The zero-order valence-electron chi connectivity index (χ0n) is 22.2. The van der Waals surface area contributed by atoms with Crippen LogP contribution in [0.1, 0.15) is 37.7 Å². The molecule has 6 nitrogen and oxygen atoms in total. The lowest BCUT2D eigenvalue weighted by Gasteiger charge is -2.33. The van der Waals surface area contributed by atoms with Crippen molar-refractivity contribution in [3.8, 4) is 29.6 Å². The van der Waals surface area contributed by atoms with E-state index in [0.717, 1.165) is 49.1 Å². The van der Waals surface area contributed by atoms with Crippen LogP contribution in [-0.4, -0.2) is 59.2 Å². The van der Waals surface area contributed by atoms with E-state index in [0.29, 0.717) is 41.0 Å². The Bertz CT molecular complexity index is 1600. The molecule has 1 saturated carbocycles. The van der Waals surface area contributed by atoms with E-state index in [1.54, 1.807) is 6.20 Å². The molecular weight excluding hydrogens is 489 g/mol. The molecular formula is C32H32FN5O. The number of ether oxygens (including phenoxy) is 1. The van der Waals surface area contributed by atoms with Gasteiger partial charge in [0.1, 0.15) is 23.6 Å². The average molecular weight is 522 g/mol. The third kappa shape index (κ3) is 4.28. The number of hydrogen-bond donors (Lipinski definition) is 0.